The van der Waals surface area contributed by atoms with Crippen LogP contribution in [0.5, 0.6) is 0 Å². The van der Waals surface area contributed by atoms with E-state index in [1.165, 1.54) is 25.9 Å². The zero-order valence-electron chi connectivity index (χ0n) is 8.81. The lowest BCUT2D eigenvalue weighted by Crippen LogP contribution is -2.45. The van der Waals surface area contributed by atoms with E-state index in [4.69, 9.17) is 4.74 Å². The van der Waals surface area contributed by atoms with Crippen LogP contribution in [0.1, 0.15) is 26.7 Å². The van der Waals surface area contributed by atoms with Gasteiger partial charge in [-0.3, -0.25) is 0 Å². The second-order valence-electron chi connectivity index (χ2n) is 5.18. The highest BCUT2D eigenvalue weighted by Gasteiger charge is 2.38. The van der Waals surface area contributed by atoms with Gasteiger partial charge < -0.3 is 10.1 Å². The fourth-order valence-electron chi connectivity index (χ4n) is 2.93. The Kier molecular flexibility index (Phi) is 2.61. The lowest BCUT2D eigenvalue weighted by atomic mass is 9.68. The monoisotopic (exact) mass is 183 g/mol. The zero-order valence-corrected chi connectivity index (χ0v) is 8.81. The summed E-state index contributed by atoms with van der Waals surface area (Å²) in [5.41, 5.74) is 0.469. The largest absolute Gasteiger partial charge is 0.381 e. The van der Waals surface area contributed by atoms with Crippen LogP contribution in [-0.4, -0.2) is 26.3 Å². The summed E-state index contributed by atoms with van der Waals surface area (Å²) in [5.74, 6) is 1.70. The topological polar surface area (TPSA) is 21.3 Å². The molecule has 2 atom stereocenters. The van der Waals surface area contributed by atoms with Crippen molar-refractivity contribution >= 4 is 0 Å². The number of piperidine rings is 1. The summed E-state index contributed by atoms with van der Waals surface area (Å²) in [6, 6.07) is 0. The van der Waals surface area contributed by atoms with Crippen molar-refractivity contribution in [3.8, 4) is 0 Å². The molecule has 0 aromatic heterocycles. The third-order valence-corrected chi connectivity index (χ3v) is 3.75. The van der Waals surface area contributed by atoms with Gasteiger partial charge in [-0.2, -0.15) is 0 Å². The van der Waals surface area contributed by atoms with Gasteiger partial charge in [0.15, 0.2) is 0 Å². The molecule has 2 rings (SSSR count). The van der Waals surface area contributed by atoms with Crippen molar-refractivity contribution in [2.45, 2.75) is 26.7 Å². The highest BCUT2D eigenvalue weighted by molar-refractivity contribution is 4.90. The van der Waals surface area contributed by atoms with Gasteiger partial charge in [0.2, 0.25) is 0 Å². The summed E-state index contributed by atoms with van der Waals surface area (Å²) < 4.78 is 5.48. The lowest BCUT2D eigenvalue weighted by Gasteiger charge is -2.42. The minimum absolute atomic E-state index is 0.469. The summed E-state index contributed by atoms with van der Waals surface area (Å²) in [4.78, 5) is 0. The molecule has 2 nitrogen and oxygen atoms in total. The molecule has 0 aromatic carbocycles. The molecule has 2 aliphatic heterocycles. The van der Waals surface area contributed by atoms with E-state index in [-0.39, 0.29) is 0 Å². The van der Waals surface area contributed by atoms with Gasteiger partial charge in [0, 0.05) is 19.8 Å². The zero-order chi connectivity index (χ0) is 9.31. The minimum atomic E-state index is 0.469. The molecule has 13 heavy (non-hydrogen) atoms. The summed E-state index contributed by atoms with van der Waals surface area (Å²) >= 11 is 0. The van der Waals surface area contributed by atoms with Crippen LogP contribution in [0.2, 0.25) is 0 Å². The Morgan fingerprint density at radius 2 is 2.15 bits per heavy atom. The van der Waals surface area contributed by atoms with Gasteiger partial charge in [-0.25, -0.2) is 0 Å². The lowest BCUT2D eigenvalue weighted by molar-refractivity contribution is 0.0821. The maximum Gasteiger partial charge on any atom is 0.0497 e. The van der Waals surface area contributed by atoms with E-state index in [0.717, 1.165) is 25.0 Å². The Hall–Kier alpha value is -0.0800. The summed E-state index contributed by atoms with van der Waals surface area (Å²) in [7, 11) is 0. The van der Waals surface area contributed by atoms with Crippen LogP contribution < -0.4 is 5.32 Å². The molecule has 2 unspecified atom stereocenters. The van der Waals surface area contributed by atoms with Gasteiger partial charge >= 0.3 is 0 Å². The standard InChI is InChI=1S/C11H21NO/c1-11(2)8-12-5-3-10(11)9-4-6-13-7-9/h9-10,12H,3-8H2,1-2H3. The summed E-state index contributed by atoms with van der Waals surface area (Å²) in [5, 5.41) is 3.49. The fraction of sp³-hybridized carbons (Fsp3) is 1.00. The van der Waals surface area contributed by atoms with E-state index in [1.54, 1.807) is 0 Å². The Morgan fingerprint density at radius 1 is 1.31 bits per heavy atom. The van der Waals surface area contributed by atoms with Gasteiger partial charge in [0.25, 0.3) is 0 Å². The van der Waals surface area contributed by atoms with E-state index in [2.05, 4.69) is 19.2 Å². The predicted molar refractivity (Wildman–Crippen MR) is 53.7 cm³/mol. The molecule has 0 amide bonds. The predicted octanol–water partition coefficient (Wildman–Crippen LogP) is 1.66. The van der Waals surface area contributed by atoms with Crippen LogP contribution in [-0.2, 0) is 4.74 Å². The maximum atomic E-state index is 5.48. The van der Waals surface area contributed by atoms with Crippen molar-refractivity contribution in [1.82, 2.24) is 5.32 Å². The van der Waals surface area contributed by atoms with E-state index in [9.17, 15) is 0 Å². The van der Waals surface area contributed by atoms with Gasteiger partial charge in [-0.1, -0.05) is 13.8 Å². The van der Waals surface area contributed by atoms with E-state index in [0.29, 0.717) is 5.41 Å². The number of rotatable bonds is 1. The number of ether oxygens (including phenoxy) is 1. The van der Waals surface area contributed by atoms with E-state index < -0.39 is 0 Å². The quantitative estimate of drug-likeness (QED) is 0.667. The van der Waals surface area contributed by atoms with Crippen molar-refractivity contribution < 1.29 is 4.74 Å². The SMILES string of the molecule is CC1(C)CNCCC1C1CCOC1. The van der Waals surface area contributed by atoms with E-state index >= 15 is 0 Å². The molecule has 2 aliphatic rings. The second-order valence-corrected chi connectivity index (χ2v) is 5.18. The Labute approximate surface area is 81.0 Å². The van der Waals surface area contributed by atoms with Crippen molar-refractivity contribution in [3.63, 3.8) is 0 Å². The number of hydrogen-bond acceptors (Lipinski definition) is 2. The first-order valence-electron chi connectivity index (χ1n) is 5.48. The van der Waals surface area contributed by atoms with Crippen molar-refractivity contribution in [1.29, 1.82) is 0 Å². The molecule has 76 valence electrons. The molecule has 0 aromatic rings. The van der Waals surface area contributed by atoms with Gasteiger partial charge in [0.05, 0.1) is 0 Å². The molecule has 0 radical (unpaired) electrons. The first-order valence-corrected chi connectivity index (χ1v) is 5.48. The normalized spacial score (nSPS) is 39.2. The smallest absolute Gasteiger partial charge is 0.0497 e. The molecule has 0 spiro atoms. The van der Waals surface area contributed by atoms with Crippen LogP contribution in [0, 0.1) is 17.3 Å². The first kappa shape index (κ1) is 9.47. The molecule has 2 saturated heterocycles. The second kappa shape index (κ2) is 3.58. The summed E-state index contributed by atoms with van der Waals surface area (Å²) in [6.45, 7) is 9.15. The van der Waals surface area contributed by atoms with Crippen LogP contribution in [0.4, 0.5) is 0 Å². The summed E-state index contributed by atoms with van der Waals surface area (Å²) in [6.07, 6.45) is 2.62. The minimum Gasteiger partial charge on any atom is -0.381 e. The van der Waals surface area contributed by atoms with Crippen molar-refractivity contribution in [3.05, 3.63) is 0 Å². The first-order chi connectivity index (χ1) is 6.20. The Bertz CT molecular complexity index is 173. The van der Waals surface area contributed by atoms with Crippen LogP contribution in [0.3, 0.4) is 0 Å². The van der Waals surface area contributed by atoms with E-state index in [1.807, 2.05) is 0 Å². The van der Waals surface area contributed by atoms with Gasteiger partial charge in [-0.15, -0.1) is 0 Å². The van der Waals surface area contributed by atoms with Crippen LogP contribution in [0.15, 0.2) is 0 Å². The molecule has 2 heteroatoms. The molecular formula is C11H21NO. The molecule has 2 fully saturated rings. The molecular weight excluding hydrogens is 162 g/mol. The van der Waals surface area contributed by atoms with Gasteiger partial charge in [0.1, 0.15) is 0 Å². The maximum absolute atomic E-state index is 5.48. The highest BCUT2D eigenvalue weighted by Crippen LogP contribution is 2.40. The number of nitrogens with one attached hydrogen (secondary N) is 1. The third-order valence-electron chi connectivity index (χ3n) is 3.75. The molecule has 0 bridgehead atoms. The average Bonchev–Trinajstić information content (AvgIpc) is 2.55. The van der Waals surface area contributed by atoms with Gasteiger partial charge in [-0.05, 0) is 36.6 Å². The Balaban J connectivity index is 2.02. The van der Waals surface area contributed by atoms with Crippen LogP contribution in [0.25, 0.3) is 0 Å². The fourth-order valence-corrected chi connectivity index (χ4v) is 2.93. The number of hydrogen-bond donors (Lipinski definition) is 1. The Morgan fingerprint density at radius 3 is 2.77 bits per heavy atom. The highest BCUT2D eigenvalue weighted by atomic mass is 16.5. The van der Waals surface area contributed by atoms with Crippen molar-refractivity contribution in [2.24, 2.45) is 17.3 Å². The molecule has 0 aliphatic carbocycles. The van der Waals surface area contributed by atoms with Crippen LogP contribution >= 0.6 is 0 Å². The average molecular weight is 183 g/mol. The molecule has 1 N–H and O–H groups in total. The molecule has 2 heterocycles. The molecule has 0 saturated carbocycles. The third kappa shape index (κ3) is 1.89. The van der Waals surface area contributed by atoms with Crippen molar-refractivity contribution in [2.75, 3.05) is 26.3 Å².